The van der Waals surface area contributed by atoms with Gasteiger partial charge in [0.2, 0.25) is 0 Å². The second kappa shape index (κ2) is 3.26. The van der Waals surface area contributed by atoms with Gasteiger partial charge in [0.25, 0.3) is 0 Å². The van der Waals surface area contributed by atoms with Gasteiger partial charge in [-0.15, -0.1) is 0 Å². The summed E-state index contributed by atoms with van der Waals surface area (Å²) < 4.78 is 11.0. The zero-order valence-corrected chi connectivity index (χ0v) is 7.49. The fourth-order valence-electron chi connectivity index (χ4n) is 1.38. The van der Waals surface area contributed by atoms with Crippen molar-refractivity contribution in [2.24, 2.45) is 0 Å². The SMILES string of the molecule is Cc1cccc2c1OCC(CO)O2. The van der Waals surface area contributed by atoms with Gasteiger partial charge < -0.3 is 14.6 Å². The van der Waals surface area contributed by atoms with E-state index in [1.165, 1.54) is 0 Å². The van der Waals surface area contributed by atoms with E-state index >= 15 is 0 Å². The van der Waals surface area contributed by atoms with Gasteiger partial charge in [0, 0.05) is 0 Å². The molecule has 0 amide bonds. The van der Waals surface area contributed by atoms with Crippen LogP contribution < -0.4 is 9.47 Å². The second-order valence-corrected chi connectivity index (χ2v) is 3.14. The minimum Gasteiger partial charge on any atom is -0.485 e. The normalized spacial score (nSPS) is 20.0. The Morgan fingerprint density at radius 3 is 3.15 bits per heavy atom. The summed E-state index contributed by atoms with van der Waals surface area (Å²) in [5.74, 6) is 1.53. The third-order valence-electron chi connectivity index (χ3n) is 2.09. The number of aliphatic hydroxyl groups excluding tert-OH is 1. The van der Waals surface area contributed by atoms with Crippen LogP contribution in [-0.4, -0.2) is 24.4 Å². The fourth-order valence-corrected chi connectivity index (χ4v) is 1.38. The highest BCUT2D eigenvalue weighted by molar-refractivity contribution is 5.46. The molecule has 1 aliphatic heterocycles. The van der Waals surface area contributed by atoms with Crippen LogP contribution in [0.2, 0.25) is 0 Å². The zero-order valence-electron chi connectivity index (χ0n) is 7.49. The lowest BCUT2D eigenvalue weighted by Gasteiger charge is -2.26. The average Bonchev–Trinajstić information content (AvgIpc) is 2.18. The number of para-hydroxylation sites is 1. The van der Waals surface area contributed by atoms with E-state index in [2.05, 4.69) is 0 Å². The molecule has 0 aromatic heterocycles. The largest absolute Gasteiger partial charge is 0.485 e. The summed E-state index contributed by atoms with van der Waals surface area (Å²) in [6, 6.07) is 5.74. The Hall–Kier alpha value is -1.22. The van der Waals surface area contributed by atoms with Crippen LogP contribution in [0.4, 0.5) is 0 Å². The highest BCUT2D eigenvalue weighted by atomic mass is 16.6. The highest BCUT2D eigenvalue weighted by Gasteiger charge is 2.20. The molecule has 0 fully saturated rings. The molecule has 1 atom stereocenters. The number of ether oxygens (including phenoxy) is 2. The van der Waals surface area contributed by atoms with Crippen LogP contribution in [-0.2, 0) is 0 Å². The summed E-state index contributed by atoms with van der Waals surface area (Å²) in [6.45, 7) is 2.39. The molecule has 0 spiro atoms. The molecule has 1 aromatic carbocycles. The first-order valence-electron chi connectivity index (χ1n) is 4.31. The molecule has 70 valence electrons. The molecule has 2 rings (SSSR count). The van der Waals surface area contributed by atoms with Crippen molar-refractivity contribution >= 4 is 0 Å². The fraction of sp³-hybridized carbons (Fsp3) is 0.400. The van der Waals surface area contributed by atoms with Crippen LogP contribution in [0.25, 0.3) is 0 Å². The Kier molecular flexibility index (Phi) is 2.10. The third-order valence-corrected chi connectivity index (χ3v) is 2.09. The quantitative estimate of drug-likeness (QED) is 0.704. The molecular formula is C10H12O3. The third kappa shape index (κ3) is 1.47. The monoisotopic (exact) mass is 180 g/mol. The van der Waals surface area contributed by atoms with Crippen molar-refractivity contribution in [3.63, 3.8) is 0 Å². The number of aliphatic hydroxyl groups is 1. The summed E-state index contributed by atoms with van der Waals surface area (Å²) in [5, 5.41) is 8.88. The van der Waals surface area contributed by atoms with Gasteiger partial charge in [0.1, 0.15) is 6.61 Å². The summed E-state index contributed by atoms with van der Waals surface area (Å²) >= 11 is 0. The maximum absolute atomic E-state index is 8.88. The molecular weight excluding hydrogens is 168 g/mol. The van der Waals surface area contributed by atoms with Crippen molar-refractivity contribution in [1.29, 1.82) is 0 Å². The lowest BCUT2D eigenvalue weighted by atomic mass is 10.2. The maximum atomic E-state index is 8.88. The van der Waals surface area contributed by atoms with Crippen molar-refractivity contribution < 1.29 is 14.6 Å². The molecule has 1 aliphatic rings. The number of hydrogen-bond acceptors (Lipinski definition) is 3. The van der Waals surface area contributed by atoms with Gasteiger partial charge >= 0.3 is 0 Å². The molecule has 1 unspecified atom stereocenters. The van der Waals surface area contributed by atoms with Gasteiger partial charge in [-0.2, -0.15) is 0 Å². The van der Waals surface area contributed by atoms with Gasteiger partial charge in [0.05, 0.1) is 6.61 Å². The predicted molar refractivity (Wildman–Crippen MR) is 48.2 cm³/mol. The summed E-state index contributed by atoms with van der Waals surface area (Å²) in [7, 11) is 0. The van der Waals surface area contributed by atoms with E-state index < -0.39 is 0 Å². The van der Waals surface area contributed by atoms with E-state index in [4.69, 9.17) is 14.6 Å². The van der Waals surface area contributed by atoms with E-state index in [-0.39, 0.29) is 12.7 Å². The summed E-state index contributed by atoms with van der Waals surface area (Å²) in [6.07, 6.45) is -0.228. The summed E-state index contributed by atoms with van der Waals surface area (Å²) in [5.41, 5.74) is 1.06. The number of rotatable bonds is 1. The van der Waals surface area contributed by atoms with E-state index in [0.29, 0.717) is 6.61 Å². The van der Waals surface area contributed by atoms with Crippen LogP contribution in [0.3, 0.4) is 0 Å². The molecule has 0 aliphatic carbocycles. The lowest BCUT2D eigenvalue weighted by Crippen LogP contribution is -2.32. The van der Waals surface area contributed by atoms with Crippen molar-refractivity contribution in [2.45, 2.75) is 13.0 Å². The smallest absolute Gasteiger partial charge is 0.164 e. The van der Waals surface area contributed by atoms with Gasteiger partial charge in [-0.1, -0.05) is 12.1 Å². The standard InChI is InChI=1S/C10H12O3/c1-7-3-2-4-9-10(7)12-6-8(5-11)13-9/h2-4,8,11H,5-6H2,1H3. The molecule has 3 nitrogen and oxygen atoms in total. The Balaban J connectivity index is 2.31. The lowest BCUT2D eigenvalue weighted by molar-refractivity contribution is 0.0452. The number of benzene rings is 1. The Morgan fingerprint density at radius 2 is 2.38 bits per heavy atom. The van der Waals surface area contributed by atoms with Crippen LogP contribution in [0.15, 0.2) is 18.2 Å². The number of aryl methyl sites for hydroxylation is 1. The molecule has 13 heavy (non-hydrogen) atoms. The number of hydrogen-bond donors (Lipinski definition) is 1. The van der Waals surface area contributed by atoms with E-state index in [1.807, 2.05) is 25.1 Å². The average molecular weight is 180 g/mol. The Bertz CT molecular complexity index is 309. The van der Waals surface area contributed by atoms with Crippen LogP contribution in [0, 0.1) is 6.92 Å². The minimum atomic E-state index is -0.228. The molecule has 3 heteroatoms. The zero-order chi connectivity index (χ0) is 9.26. The molecule has 0 bridgehead atoms. The van der Waals surface area contributed by atoms with Gasteiger partial charge in [-0.25, -0.2) is 0 Å². The molecule has 1 N–H and O–H groups in total. The first-order valence-corrected chi connectivity index (χ1v) is 4.31. The van der Waals surface area contributed by atoms with Crippen molar-refractivity contribution in [2.75, 3.05) is 13.2 Å². The van der Waals surface area contributed by atoms with Crippen molar-refractivity contribution in [3.05, 3.63) is 23.8 Å². The number of fused-ring (bicyclic) bond motifs is 1. The molecule has 0 radical (unpaired) electrons. The van der Waals surface area contributed by atoms with Crippen LogP contribution >= 0.6 is 0 Å². The molecule has 1 heterocycles. The molecule has 0 saturated carbocycles. The molecule has 0 saturated heterocycles. The first-order chi connectivity index (χ1) is 6.31. The Labute approximate surface area is 76.9 Å². The molecule has 1 aromatic rings. The van der Waals surface area contributed by atoms with Gasteiger partial charge in [0.15, 0.2) is 17.6 Å². The highest BCUT2D eigenvalue weighted by Crippen LogP contribution is 2.34. The van der Waals surface area contributed by atoms with E-state index in [0.717, 1.165) is 17.1 Å². The maximum Gasteiger partial charge on any atom is 0.164 e. The second-order valence-electron chi connectivity index (χ2n) is 3.14. The van der Waals surface area contributed by atoms with Crippen LogP contribution in [0.1, 0.15) is 5.56 Å². The van der Waals surface area contributed by atoms with Crippen molar-refractivity contribution in [3.8, 4) is 11.5 Å². The van der Waals surface area contributed by atoms with Gasteiger partial charge in [-0.05, 0) is 18.6 Å². The van der Waals surface area contributed by atoms with E-state index in [9.17, 15) is 0 Å². The van der Waals surface area contributed by atoms with Gasteiger partial charge in [-0.3, -0.25) is 0 Å². The Morgan fingerprint density at radius 1 is 1.54 bits per heavy atom. The van der Waals surface area contributed by atoms with Crippen molar-refractivity contribution in [1.82, 2.24) is 0 Å². The first kappa shape index (κ1) is 8.38. The minimum absolute atomic E-state index is 0.00657. The van der Waals surface area contributed by atoms with Crippen LogP contribution in [0.5, 0.6) is 11.5 Å². The van der Waals surface area contributed by atoms with E-state index in [1.54, 1.807) is 0 Å². The summed E-state index contributed by atoms with van der Waals surface area (Å²) in [4.78, 5) is 0. The predicted octanol–water partition coefficient (Wildman–Crippen LogP) is 1.13. The topological polar surface area (TPSA) is 38.7 Å².